The van der Waals surface area contributed by atoms with E-state index in [1.54, 1.807) is 13.8 Å². The van der Waals surface area contributed by atoms with E-state index in [4.69, 9.17) is 10.2 Å². The Labute approximate surface area is 69.9 Å². The van der Waals surface area contributed by atoms with Gasteiger partial charge in [0.05, 0.1) is 13.2 Å². The molecular formula is C9H20O2. The lowest BCUT2D eigenvalue weighted by atomic mass is 9.97. The highest BCUT2D eigenvalue weighted by atomic mass is 16.3. The summed E-state index contributed by atoms with van der Waals surface area (Å²) in [5.41, 5.74) is -0.306. The first-order valence-corrected chi connectivity index (χ1v) is 3.34. The Hall–Kier alpha value is -0.600. The fourth-order valence-corrected chi connectivity index (χ4v) is 0.0500. The van der Waals surface area contributed by atoms with E-state index in [-0.39, 0.29) is 18.6 Å². The molecule has 0 aromatic heterocycles. The first kappa shape index (κ1) is 16.8. The third-order valence-corrected chi connectivity index (χ3v) is 0.856. The molecule has 68 valence electrons. The molecule has 0 rings (SSSR count). The summed E-state index contributed by atoms with van der Waals surface area (Å²) in [7, 11) is 0. The molecular weight excluding hydrogens is 140 g/mol. The lowest BCUT2D eigenvalue weighted by Gasteiger charge is -2.16. The van der Waals surface area contributed by atoms with Crippen LogP contribution >= 0.6 is 0 Å². The van der Waals surface area contributed by atoms with Crippen LogP contribution in [-0.2, 0) is 0 Å². The molecule has 0 aromatic carbocycles. The molecule has 0 aliphatic heterocycles. The van der Waals surface area contributed by atoms with Crippen molar-refractivity contribution in [1.29, 1.82) is 0 Å². The molecule has 0 saturated heterocycles. The maximum Gasteiger partial charge on any atom is 0.0504 e. The van der Waals surface area contributed by atoms with Crippen molar-refractivity contribution < 1.29 is 10.2 Å². The first-order chi connectivity index (χ1) is 5.12. The Bertz CT molecular complexity index is 62.0. The van der Waals surface area contributed by atoms with E-state index in [2.05, 4.69) is 26.3 Å². The van der Waals surface area contributed by atoms with Crippen LogP contribution in [-0.4, -0.2) is 23.4 Å². The largest absolute Gasteiger partial charge is 0.396 e. The maximum absolute atomic E-state index is 8.43. The molecule has 0 atom stereocenters. The van der Waals surface area contributed by atoms with Gasteiger partial charge in [0.2, 0.25) is 0 Å². The van der Waals surface area contributed by atoms with Crippen LogP contribution in [0.15, 0.2) is 26.3 Å². The summed E-state index contributed by atoms with van der Waals surface area (Å²) in [5.74, 6) is 0. The SMILES string of the molecule is C=C.C=C.CC(C)(CO)CO. The number of hydrogen-bond donors (Lipinski definition) is 2. The summed E-state index contributed by atoms with van der Waals surface area (Å²) in [5, 5.41) is 16.9. The van der Waals surface area contributed by atoms with Gasteiger partial charge in [-0.1, -0.05) is 13.8 Å². The lowest BCUT2D eigenvalue weighted by molar-refractivity contribution is 0.0857. The molecule has 2 heteroatoms. The van der Waals surface area contributed by atoms with Crippen molar-refractivity contribution in [2.24, 2.45) is 5.41 Å². The fraction of sp³-hybridized carbons (Fsp3) is 0.556. The van der Waals surface area contributed by atoms with Gasteiger partial charge in [0.25, 0.3) is 0 Å². The monoisotopic (exact) mass is 160 g/mol. The van der Waals surface area contributed by atoms with Crippen molar-refractivity contribution in [2.45, 2.75) is 13.8 Å². The standard InChI is InChI=1S/C5H12O2.2C2H4/c1-5(2,3-6)4-7;2*1-2/h6-7H,3-4H2,1-2H3;2*1-2H2. The van der Waals surface area contributed by atoms with Crippen molar-refractivity contribution in [3.05, 3.63) is 26.3 Å². The van der Waals surface area contributed by atoms with E-state index < -0.39 is 0 Å². The summed E-state index contributed by atoms with van der Waals surface area (Å²) in [6.07, 6.45) is 0. The predicted octanol–water partition coefficient (Wildman–Crippen LogP) is 1.60. The molecule has 0 amide bonds. The Balaban J connectivity index is -0.000000138. The molecule has 0 radical (unpaired) electrons. The van der Waals surface area contributed by atoms with Gasteiger partial charge in [-0.15, -0.1) is 26.3 Å². The van der Waals surface area contributed by atoms with Gasteiger partial charge in [-0.2, -0.15) is 0 Å². The van der Waals surface area contributed by atoms with E-state index in [1.165, 1.54) is 0 Å². The minimum atomic E-state index is -0.306. The summed E-state index contributed by atoms with van der Waals surface area (Å²) in [6, 6.07) is 0. The summed E-state index contributed by atoms with van der Waals surface area (Å²) in [4.78, 5) is 0. The number of hydrogen-bond acceptors (Lipinski definition) is 2. The Morgan fingerprint density at radius 3 is 1.09 bits per heavy atom. The van der Waals surface area contributed by atoms with Crippen molar-refractivity contribution >= 4 is 0 Å². The summed E-state index contributed by atoms with van der Waals surface area (Å²) >= 11 is 0. The molecule has 11 heavy (non-hydrogen) atoms. The van der Waals surface area contributed by atoms with Crippen LogP contribution in [0.3, 0.4) is 0 Å². The van der Waals surface area contributed by atoms with Crippen LogP contribution < -0.4 is 0 Å². The van der Waals surface area contributed by atoms with Crippen LogP contribution in [0, 0.1) is 5.41 Å². The molecule has 0 saturated carbocycles. The van der Waals surface area contributed by atoms with Crippen LogP contribution in [0.2, 0.25) is 0 Å². The average Bonchev–Trinajstić information content (AvgIpc) is 2.12. The number of aliphatic hydroxyl groups is 2. The Kier molecular flexibility index (Phi) is 18.5. The Morgan fingerprint density at radius 1 is 0.909 bits per heavy atom. The smallest absolute Gasteiger partial charge is 0.0504 e. The first-order valence-electron chi connectivity index (χ1n) is 3.34. The summed E-state index contributed by atoms with van der Waals surface area (Å²) < 4.78 is 0. The number of rotatable bonds is 2. The molecule has 0 aliphatic rings. The molecule has 2 nitrogen and oxygen atoms in total. The van der Waals surface area contributed by atoms with E-state index in [0.29, 0.717) is 0 Å². The Morgan fingerprint density at radius 2 is 1.09 bits per heavy atom. The van der Waals surface area contributed by atoms with Gasteiger partial charge in [-0.05, 0) is 0 Å². The van der Waals surface area contributed by atoms with Gasteiger partial charge in [0.1, 0.15) is 0 Å². The molecule has 0 unspecified atom stereocenters. The minimum Gasteiger partial charge on any atom is -0.396 e. The molecule has 0 fully saturated rings. The third kappa shape index (κ3) is 17.7. The van der Waals surface area contributed by atoms with Gasteiger partial charge in [0.15, 0.2) is 0 Å². The van der Waals surface area contributed by atoms with E-state index >= 15 is 0 Å². The molecule has 0 aromatic rings. The van der Waals surface area contributed by atoms with Crippen molar-refractivity contribution in [3.8, 4) is 0 Å². The quantitative estimate of drug-likeness (QED) is 0.602. The molecule has 0 aliphatic carbocycles. The zero-order valence-corrected chi connectivity index (χ0v) is 7.64. The van der Waals surface area contributed by atoms with Gasteiger partial charge in [-0.25, -0.2) is 0 Å². The van der Waals surface area contributed by atoms with E-state index in [9.17, 15) is 0 Å². The predicted molar refractivity (Wildman–Crippen MR) is 50.5 cm³/mol. The van der Waals surface area contributed by atoms with Gasteiger partial charge < -0.3 is 10.2 Å². The maximum atomic E-state index is 8.43. The van der Waals surface area contributed by atoms with Crippen molar-refractivity contribution in [3.63, 3.8) is 0 Å². The fourth-order valence-electron chi connectivity index (χ4n) is 0.0500. The van der Waals surface area contributed by atoms with Crippen LogP contribution in [0.5, 0.6) is 0 Å². The number of aliphatic hydroxyl groups excluding tert-OH is 2. The van der Waals surface area contributed by atoms with Crippen LogP contribution in [0.25, 0.3) is 0 Å². The normalized spacial score (nSPS) is 8.36. The zero-order chi connectivity index (χ0) is 9.91. The topological polar surface area (TPSA) is 40.5 Å². The van der Waals surface area contributed by atoms with E-state index in [0.717, 1.165) is 0 Å². The van der Waals surface area contributed by atoms with Crippen molar-refractivity contribution in [1.82, 2.24) is 0 Å². The average molecular weight is 160 g/mol. The van der Waals surface area contributed by atoms with E-state index in [1.807, 2.05) is 0 Å². The molecule has 0 heterocycles. The highest BCUT2D eigenvalue weighted by molar-refractivity contribution is 4.62. The second-order valence-electron chi connectivity index (χ2n) is 2.48. The molecule has 0 spiro atoms. The van der Waals surface area contributed by atoms with Gasteiger partial charge in [0, 0.05) is 5.41 Å². The third-order valence-electron chi connectivity index (χ3n) is 0.856. The lowest BCUT2D eigenvalue weighted by Crippen LogP contribution is -2.20. The molecule has 0 bridgehead atoms. The zero-order valence-electron chi connectivity index (χ0n) is 7.64. The van der Waals surface area contributed by atoms with Gasteiger partial charge in [-0.3, -0.25) is 0 Å². The second-order valence-corrected chi connectivity index (χ2v) is 2.48. The molecule has 2 N–H and O–H groups in total. The summed E-state index contributed by atoms with van der Waals surface area (Å²) in [6.45, 7) is 15.7. The van der Waals surface area contributed by atoms with Gasteiger partial charge >= 0.3 is 0 Å². The highest BCUT2D eigenvalue weighted by Crippen LogP contribution is 2.10. The highest BCUT2D eigenvalue weighted by Gasteiger charge is 2.13. The second kappa shape index (κ2) is 12.1. The van der Waals surface area contributed by atoms with Crippen LogP contribution in [0.4, 0.5) is 0 Å². The van der Waals surface area contributed by atoms with Crippen molar-refractivity contribution in [2.75, 3.05) is 13.2 Å². The van der Waals surface area contributed by atoms with Crippen LogP contribution in [0.1, 0.15) is 13.8 Å². The minimum absolute atomic E-state index is 0.0451.